The molecule has 10 heteroatoms. The summed E-state index contributed by atoms with van der Waals surface area (Å²) in [6, 6.07) is 7.89. The third-order valence-electron chi connectivity index (χ3n) is 4.67. The maximum atomic E-state index is 12.4. The number of nitrogens with zero attached hydrogens (tertiary/aromatic N) is 2. The highest BCUT2D eigenvalue weighted by atomic mass is 32.1. The molecule has 0 atom stereocenters. The average molecular weight is 462 g/mol. The fourth-order valence-electron chi connectivity index (χ4n) is 2.95. The Kier molecular flexibility index (Phi) is 8.48. The Labute approximate surface area is 190 Å². The number of ether oxygens (including phenoxy) is 1. The van der Waals surface area contributed by atoms with Gasteiger partial charge in [0.1, 0.15) is 0 Å². The lowest BCUT2D eigenvalue weighted by Gasteiger charge is -2.20. The number of nitro benzene ring substituents is 1. The van der Waals surface area contributed by atoms with Crippen LogP contribution in [0.25, 0.3) is 0 Å². The van der Waals surface area contributed by atoms with Crippen molar-refractivity contribution in [3.8, 4) is 0 Å². The summed E-state index contributed by atoms with van der Waals surface area (Å²) >= 11 is 1.51. The Hall–Kier alpha value is -3.27. The second kappa shape index (κ2) is 10.9. The van der Waals surface area contributed by atoms with E-state index in [1.807, 2.05) is 38.3 Å². The monoisotopic (exact) mass is 461 g/mol. The number of benzene rings is 1. The third-order valence-corrected chi connectivity index (χ3v) is 5.55. The molecule has 0 bridgehead atoms. The molecule has 172 valence electrons. The van der Waals surface area contributed by atoms with Gasteiger partial charge in [-0.2, -0.15) is 0 Å². The van der Waals surface area contributed by atoms with Gasteiger partial charge in [-0.05, 0) is 29.9 Å². The SMILES string of the molecule is CCN(CC(=O)NCc1cccs1)C(=O)COC(=O)c1ccc(C(C)(C)C)c([N+](=O)[O-])c1. The van der Waals surface area contributed by atoms with E-state index in [0.29, 0.717) is 12.1 Å². The highest BCUT2D eigenvalue weighted by Crippen LogP contribution is 2.32. The zero-order chi connectivity index (χ0) is 23.9. The molecule has 2 rings (SSSR count). The van der Waals surface area contributed by atoms with Gasteiger partial charge < -0.3 is 15.0 Å². The Balaban J connectivity index is 1.95. The van der Waals surface area contributed by atoms with E-state index in [2.05, 4.69) is 5.32 Å². The molecule has 0 spiro atoms. The maximum Gasteiger partial charge on any atom is 0.338 e. The number of hydrogen-bond donors (Lipinski definition) is 1. The molecule has 0 aliphatic carbocycles. The number of amides is 2. The predicted molar refractivity (Wildman–Crippen MR) is 120 cm³/mol. The molecule has 0 saturated heterocycles. The molecule has 2 aromatic rings. The van der Waals surface area contributed by atoms with Crippen LogP contribution < -0.4 is 5.32 Å². The first kappa shape index (κ1) is 25.0. The summed E-state index contributed by atoms with van der Waals surface area (Å²) in [5, 5.41) is 16.1. The maximum absolute atomic E-state index is 12.4. The van der Waals surface area contributed by atoms with Crippen molar-refractivity contribution in [2.45, 2.75) is 39.7 Å². The highest BCUT2D eigenvalue weighted by Gasteiger charge is 2.27. The van der Waals surface area contributed by atoms with Crippen molar-refractivity contribution in [3.63, 3.8) is 0 Å². The first-order chi connectivity index (χ1) is 15.0. The molecule has 9 nitrogen and oxygen atoms in total. The second-order valence-electron chi connectivity index (χ2n) is 8.08. The summed E-state index contributed by atoms with van der Waals surface area (Å²) in [7, 11) is 0. The Morgan fingerprint density at radius 1 is 1.22 bits per heavy atom. The molecule has 0 radical (unpaired) electrons. The summed E-state index contributed by atoms with van der Waals surface area (Å²) in [4.78, 5) is 50.0. The van der Waals surface area contributed by atoms with Gasteiger partial charge in [-0.3, -0.25) is 19.7 Å². The summed E-state index contributed by atoms with van der Waals surface area (Å²) in [5.74, 6) is -1.71. The third kappa shape index (κ3) is 6.88. The van der Waals surface area contributed by atoms with Gasteiger partial charge in [0.25, 0.3) is 11.6 Å². The number of nitro groups is 1. The molecule has 0 fully saturated rings. The Bertz CT molecular complexity index is 982. The van der Waals surface area contributed by atoms with Crippen LogP contribution in [0.2, 0.25) is 0 Å². The number of carbonyl (C=O) groups is 3. The lowest BCUT2D eigenvalue weighted by molar-refractivity contribution is -0.386. The van der Waals surface area contributed by atoms with Crippen LogP contribution in [0.3, 0.4) is 0 Å². The van der Waals surface area contributed by atoms with Crippen LogP contribution >= 0.6 is 11.3 Å². The van der Waals surface area contributed by atoms with Gasteiger partial charge in [0, 0.05) is 23.1 Å². The topological polar surface area (TPSA) is 119 Å². The molecule has 2 amide bonds. The van der Waals surface area contributed by atoms with E-state index >= 15 is 0 Å². The van der Waals surface area contributed by atoms with E-state index < -0.39 is 28.8 Å². The van der Waals surface area contributed by atoms with E-state index in [-0.39, 0.29) is 30.2 Å². The number of hydrogen-bond acceptors (Lipinski definition) is 7. The van der Waals surface area contributed by atoms with Crippen molar-refractivity contribution in [1.82, 2.24) is 10.2 Å². The van der Waals surface area contributed by atoms with E-state index in [9.17, 15) is 24.5 Å². The minimum absolute atomic E-state index is 0.0192. The number of nitrogens with one attached hydrogen (secondary N) is 1. The molecular formula is C22H27N3O6S. The van der Waals surface area contributed by atoms with Crippen LogP contribution in [0.5, 0.6) is 0 Å². The summed E-state index contributed by atoms with van der Waals surface area (Å²) < 4.78 is 5.05. The number of thiophene rings is 1. The minimum Gasteiger partial charge on any atom is -0.452 e. The molecule has 1 N–H and O–H groups in total. The van der Waals surface area contributed by atoms with Gasteiger partial charge in [-0.1, -0.05) is 32.9 Å². The normalized spacial score (nSPS) is 11.0. The van der Waals surface area contributed by atoms with Crippen LogP contribution in [0.1, 0.15) is 48.5 Å². The molecule has 0 unspecified atom stereocenters. The molecule has 1 heterocycles. The van der Waals surface area contributed by atoms with Crippen molar-refractivity contribution in [1.29, 1.82) is 0 Å². The predicted octanol–water partition coefficient (Wildman–Crippen LogP) is 3.28. The Morgan fingerprint density at radius 2 is 1.94 bits per heavy atom. The van der Waals surface area contributed by atoms with Crippen LogP contribution in [-0.2, 0) is 26.3 Å². The molecule has 0 saturated carbocycles. The summed E-state index contributed by atoms with van der Waals surface area (Å²) in [6.45, 7) is 7.12. The fourth-order valence-corrected chi connectivity index (χ4v) is 3.59. The summed E-state index contributed by atoms with van der Waals surface area (Å²) in [6.07, 6.45) is 0. The number of likely N-dealkylation sites (N-methyl/N-ethyl adjacent to an activating group) is 1. The van der Waals surface area contributed by atoms with Gasteiger partial charge >= 0.3 is 5.97 Å². The molecule has 1 aromatic heterocycles. The van der Waals surface area contributed by atoms with E-state index in [0.717, 1.165) is 10.9 Å². The van der Waals surface area contributed by atoms with E-state index in [4.69, 9.17) is 4.74 Å². The summed E-state index contributed by atoms with van der Waals surface area (Å²) in [5.41, 5.74) is -0.196. The van der Waals surface area contributed by atoms with Crippen molar-refractivity contribution in [2.24, 2.45) is 0 Å². The second-order valence-corrected chi connectivity index (χ2v) is 9.11. The molecule has 0 aliphatic rings. The van der Waals surface area contributed by atoms with Gasteiger partial charge in [0.2, 0.25) is 5.91 Å². The van der Waals surface area contributed by atoms with E-state index in [1.54, 1.807) is 6.92 Å². The number of esters is 1. The van der Waals surface area contributed by atoms with Crippen molar-refractivity contribution in [2.75, 3.05) is 19.7 Å². The Morgan fingerprint density at radius 3 is 2.50 bits per heavy atom. The average Bonchev–Trinajstić information content (AvgIpc) is 3.26. The molecule has 32 heavy (non-hydrogen) atoms. The van der Waals surface area contributed by atoms with E-state index in [1.165, 1.54) is 28.4 Å². The highest BCUT2D eigenvalue weighted by molar-refractivity contribution is 7.09. The molecular weight excluding hydrogens is 434 g/mol. The van der Waals surface area contributed by atoms with Crippen molar-refractivity contribution >= 4 is 34.8 Å². The smallest absolute Gasteiger partial charge is 0.338 e. The fraction of sp³-hybridized carbons (Fsp3) is 0.409. The standard InChI is InChI=1S/C22H27N3O6S/c1-5-24(13-19(26)23-12-16-7-6-10-32-16)20(27)14-31-21(28)15-8-9-17(22(2,3)4)18(11-15)25(29)30/h6-11H,5,12-14H2,1-4H3,(H,23,26). The largest absolute Gasteiger partial charge is 0.452 e. The zero-order valence-corrected chi connectivity index (χ0v) is 19.4. The van der Waals surface area contributed by atoms with Gasteiger partial charge in [-0.25, -0.2) is 4.79 Å². The molecule has 0 aliphatic heterocycles. The molecule has 1 aromatic carbocycles. The minimum atomic E-state index is -0.847. The number of rotatable bonds is 9. The zero-order valence-electron chi connectivity index (χ0n) is 18.5. The number of carbonyl (C=O) groups excluding carboxylic acids is 3. The van der Waals surface area contributed by atoms with Gasteiger partial charge in [0.15, 0.2) is 6.61 Å². The van der Waals surface area contributed by atoms with Crippen molar-refractivity contribution in [3.05, 3.63) is 61.8 Å². The van der Waals surface area contributed by atoms with Gasteiger partial charge in [-0.15, -0.1) is 11.3 Å². The first-order valence-corrected chi connectivity index (χ1v) is 10.9. The lowest BCUT2D eigenvalue weighted by atomic mass is 9.85. The van der Waals surface area contributed by atoms with Crippen LogP contribution in [0, 0.1) is 10.1 Å². The van der Waals surface area contributed by atoms with Crippen LogP contribution in [0.15, 0.2) is 35.7 Å². The van der Waals surface area contributed by atoms with Crippen LogP contribution in [0.4, 0.5) is 5.69 Å². The van der Waals surface area contributed by atoms with Gasteiger partial charge in [0.05, 0.1) is 23.6 Å². The van der Waals surface area contributed by atoms with Crippen molar-refractivity contribution < 1.29 is 24.0 Å². The quantitative estimate of drug-likeness (QED) is 0.348. The van der Waals surface area contributed by atoms with Crippen LogP contribution in [-0.4, -0.2) is 47.3 Å². The lowest BCUT2D eigenvalue weighted by Crippen LogP contribution is -2.42. The first-order valence-electron chi connectivity index (χ1n) is 10.1.